The maximum absolute atomic E-state index is 5.90. The van der Waals surface area contributed by atoms with E-state index in [4.69, 9.17) is 16.3 Å². The first-order chi connectivity index (χ1) is 8.63. The van der Waals surface area contributed by atoms with E-state index in [1.165, 1.54) is 16.8 Å². The number of benzene rings is 1. The standard InChI is InChI=1S/C15H24ClNO/c1-5-13(3)17(8-9-18-4)15-7-6-14(11-16)12(2)10-15/h6-7,10,13H,5,8-9,11H2,1-4H3. The van der Waals surface area contributed by atoms with Crippen molar-refractivity contribution in [1.29, 1.82) is 0 Å². The highest BCUT2D eigenvalue weighted by Gasteiger charge is 2.13. The summed E-state index contributed by atoms with van der Waals surface area (Å²) >= 11 is 5.90. The van der Waals surface area contributed by atoms with Gasteiger partial charge in [0.2, 0.25) is 0 Å². The molecule has 1 aromatic rings. The third-order valence-corrected chi connectivity index (χ3v) is 3.75. The normalized spacial score (nSPS) is 12.5. The topological polar surface area (TPSA) is 12.5 Å². The molecule has 18 heavy (non-hydrogen) atoms. The summed E-state index contributed by atoms with van der Waals surface area (Å²) in [4.78, 5) is 2.40. The van der Waals surface area contributed by atoms with Crippen LogP contribution in [0, 0.1) is 6.92 Å². The van der Waals surface area contributed by atoms with E-state index in [0.29, 0.717) is 11.9 Å². The van der Waals surface area contributed by atoms with E-state index < -0.39 is 0 Å². The van der Waals surface area contributed by atoms with Gasteiger partial charge >= 0.3 is 0 Å². The van der Waals surface area contributed by atoms with Crippen molar-refractivity contribution in [3.63, 3.8) is 0 Å². The minimum absolute atomic E-state index is 0.515. The summed E-state index contributed by atoms with van der Waals surface area (Å²) in [6, 6.07) is 7.02. The van der Waals surface area contributed by atoms with Gasteiger partial charge in [-0.2, -0.15) is 0 Å². The lowest BCUT2D eigenvalue weighted by Crippen LogP contribution is -2.35. The van der Waals surface area contributed by atoms with Gasteiger partial charge < -0.3 is 9.64 Å². The highest BCUT2D eigenvalue weighted by Crippen LogP contribution is 2.23. The quantitative estimate of drug-likeness (QED) is 0.694. The van der Waals surface area contributed by atoms with E-state index in [9.17, 15) is 0 Å². The van der Waals surface area contributed by atoms with Crippen LogP contribution in [0.1, 0.15) is 31.4 Å². The van der Waals surface area contributed by atoms with Gasteiger partial charge in [0, 0.05) is 31.3 Å². The van der Waals surface area contributed by atoms with Crippen molar-refractivity contribution < 1.29 is 4.74 Å². The molecule has 2 nitrogen and oxygen atoms in total. The Morgan fingerprint density at radius 1 is 1.39 bits per heavy atom. The molecule has 1 atom stereocenters. The van der Waals surface area contributed by atoms with Crippen LogP contribution in [0.5, 0.6) is 0 Å². The van der Waals surface area contributed by atoms with Crippen molar-refractivity contribution in [2.24, 2.45) is 0 Å². The van der Waals surface area contributed by atoms with Crippen LogP contribution >= 0.6 is 11.6 Å². The Morgan fingerprint density at radius 3 is 2.61 bits per heavy atom. The number of rotatable bonds is 7. The van der Waals surface area contributed by atoms with Crippen LogP contribution in [-0.4, -0.2) is 26.3 Å². The molecule has 0 amide bonds. The van der Waals surface area contributed by atoms with Crippen molar-refractivity contribution in [3.05, 3.63) is 29.3 Å². The molecule has 0 saturated carbocycles. The Bertz CT molecular complexity index is 368. The lowest BCUT2D eigenvalue weighted by atomic mass is 10.1. The van der Waals surface area contributed by atoms with Crippen molar-refractivity contribution in [2.75, 3.05) is 25.2 Å². The first kappa shape index (κ1) is 15.3. The van der Waals surface area contributed by atoms with Crippen LogP contribution in [0.2, 0.25) is 0 Å². The largest absolute Gasteiger partial charge is 0.383 e. The summed E-state index contributed by atoms with van der Waals surface area (Å²) < 4.78 is 5.20. The average Bonchev–Trinajstić information content (AvgIpc) is 2.39. The minimum atomic E-state index is 0.515. The molecule has 0 fully saturated rings. The molecular weight excluding hydrogens is 246 g/mol. The fraction of sp³-hybridized carbons (Fsp3) is 0.600. The van der Waals surface area contributed by atoms with Gasteiger partial charge in [0.05, 0.1) is 6.61 Å². The van der Waals surface area contributed by atoms with Crippen LogP contribution in [0.15, 0.2) is 18.2 Å². The van der Waals surface area contributed by atoms with Gasteiger partial charge in [-0.15, -0.1) is 11.6 Å². The molecule has 0 spiro atoms. The zero-order valence-electron chi connectivity index (χ0n) is 11.9. The summed E-state index contributed by atoms with van der Waals surface area (Å²) in [7, 11) is 1.75. The van der Waals surface area contributed by atoms with Crippen LogP contribution in [0.3, 0.4) is 0 Å². The van der Waals surface area contributed by atoms with Crippen molar-refractivity contribution in [1.82, 2.24) is 0 Å². The molecule has 0 aromatic heterocycles. The number of halogens is 1. The Labute approximate surface area is 116 Å². The molecule has 0 radical (unpaired) electrons. The van der Waals surface area contributed by atoms with E-state index in [2.05, 4.69) is 43.9 Å². The third-order valence-electron chi connectivity index (χ3n) is 3.46. The molecule has 0 heterocycles. The Balaban J connectivity index is 2.93. The molecule has 0 saturated heterocycles. The predicted molar refractivity (Wildman–Crippen MR) is 79.7 cm³/mol. The zero-order valence-corrected chi connectivity index (χ0v) is 12.6. The average molecular weight is 270 g/mol. The number of aryl methyl sites for hydroxylation is 1. The number of nitrogens with zero attached hydrogens (tertiary/aromatic N) is 1. The maximum Gasteiger partial charge on any atom is 0.0637 e. The molecule has 0 aliphatic rings. The summed E-state index contributed by atoms with van der Waals surface area (Å²) in [5, 5.41) is 0. The second-order valence-corrected chi connectivity index (χ2v) is 4.96. The Morgan fingerprint density at radius 2 is 2.11 bits per heavy atom. The molecule has 0 aliphatic heterocycles. The van der Waals surface area contributed by atoms with Crippen LogP contribution in [0.25, 0.3) is 0 Å². The molecule has 1 unspecified atom stereocenters. The van der Waals surface area contributed by atoms with Gasteiger partial charge in [-0.05, 0) is 43.5 Å². The SMILES string of the molecule is CCC(C)N(CCOC)c1ccc(CCl)c(C)c1. The second kappa shape index (κ2) is 7.65. The smallest absolute Gasteiger partial charge is 0.0637 e. The van der Waals surface area contributed by atoms with Crippen molar-refractivity contribution in [2.45, 2.75) is 39.1 Å². The number of hydrogen-bond acceptors (Lipinski definition) is 2. The molecule has 1 aromatic carbocycles. The van der Waals surface area contributed by atoms with Crippen molar-refractivity contribution in [3.8, 4) is 0 Å². The predicted octanol–water partition coefficient (Wildman–Crippen LogP) is 3.99. The van der Waals surface area contributed by atoms with Gasteiger partial charge in [-0.1, -0.05) is 13.0 Å². The van der Waals surface area contributed by atoms with E-state index in [1.54, 1.807) is 7.11 Å². The van der Waals surface area contributed by atoms with Gasteiger partial charge in [0.1, 0.15) is 0 Å². The fourth-order valence-corrected chi connectivity index (χ4v) is 2.32. The lowest BCUT2D eigenvalue weighted by Gasteiger charge is -2.31. The third kappa shape index (κ3) is 3.89. The summed E-state index contributed by atoms with van der Waals surface area (Å²) in [5.41, 5.74) is 3.72. The minimum Gasteiger partial charge on any atom is -0.383 e. The van der Waals surface area contributed by atoms with Gasteiger partial charge in [-0.3, -0.25) is 0 Å². The molecule has 3 heteroatoms. The molecule has 0 N–H and O–H groups in total. The first-order valence-corrected chi connectivity index (χ1v) is 7.08. The Kier molecular flexibility index (Phi) is 6.51. The number of hydrogen-bond donors (Lipinski definition) is 0. The summed E-state index contributed by atoms with van der Waals surface area (Å²) in [6.45, 7) is 8.25. The number of anilines is 1. The molecule has 1 rings (SSSR count). The highest BCUT2D eigenvalue weighted by molar-refractivity contribution is 6.17. The first-order valence-electron chi connectivity index (χ1n) is 6.55. The van der Waals surface area contributed by atoms with E-state index in [1.807, 2.05) is 0 Å². The van der Waals surface area contributed by atoms with Crippen LogP contribution in [-0.2, 0) is 10.6 Å². The molecule has 102 valence electrons. The fourth-order valence-electron chi connectivity index (χ4n) is 2.02. The summed E-state index contributed by atoms with van der Waals surface area (Å²) in [6.07, 6.45) is 1.13. The van der Waals surface area contributed by atoms with E-state index in [0.717, 1.165) is 19.6 Å². The lowest BCUT2D eigenvalue weighted by molar-refractivity contribution is 0.203. The summed E-state index contributed by atoms with van der Waals surface area (Å²) in [5.74, 6) is 0.577. The van der Waals surface area contributed by atoms with E-state index >= 15 is 0 Å². The second-order valence-electron chi connectivity index (χ2n) is 4.69. The molecule has 0 aliphatic carbocycles. The van der Waals surface area contributed by atoms with Gasteiger partial charge in [0.15, 0.2) is 0 Å². The molecular formula is C15H24ClNO. The van der Waals surface area contributed by atoms with Crippen molar-refractivity contribution >= 4 is 17.3 Å². The van der Waals surface area contributed by atoms with Gasteiger partial charge in [-0.25, -0.2) is 0 Å². The number of alkyl halides is 1. The van der Waals surface area contributed by atoms with Gasteiger partial charge in [0.25, 0.3) is 0 Å². The van der Waals surface area contributed by atoms with E-state index in [-0.39, 0.29) is 0 Å². The highest BCUT2D eigenvalue weighted by atomic mass is 35.5. The maximum atomic E-state index is 5.90. The van der Waals surface area contributed by atoms with Crippen LogP contribution < -0.4 is 4.90 Å². The molecule has 0 bridgehead atoms. The monoisotopic (exact) mass is 269 g/mol. The zero-order chi connectivity index (χ0) is 13.5. The number of ether oxygens (including phenoxy) is 1. The Hall–Kier alpha value is -0.730. The number of methoxy groups -OCH3 is 1. The van der Waals surface area contributed by atoms with Crippen LogP contribution in [0.4, 0.5) is 5.69 Å².